The molecule has 0 aliphatic carbocycles. The third kappa shape index (κ3) is 5.51. The Hall–Kier alpha value is -3.99. The summed E-state index contributed by atoms with van der Waals surface area (Å²) in [5.41, 5.74) is 0.960. The van der Waals surface area contributed by atoms with Crippen LogP contribution in [0.5, 0.6) is 0 Å². The quantitative estimate of drug-likeness (QED) is 0.391. The van der Waals surface area contributed by atoms with E-state index in [-0.39, 0.29) is 26.7 Å². The van der Waals surface area contributed by atoms with Gasteiger partial charge in [0.05, 0.1) is 11.5 Å². The van der Waals surface area contributed by atoms with Crippen LogP contribution in [0.4, 0.5) is 0 Å². The second-order valence-electron chi connectivity index (χ2n) is 10.2. The van der Waals surface area contributed by atoms with Gasteiger partial charge >= 0.3 is 7.40 Å². The van der Waals surface area contributed by atoms with E-state index in [0.717, 1.165) is 16.7 Å². The fourth-order valence-corrected chi connectivity index (χ4v) is 5.77. The number of carbonyl (C=O) groups excluding carboxylic acids is 3. The largest absolute Gasteiger partial charge is 1.00 e. The van der Waals surface area contributed by atoms with Gasteiger partial charge in [-0.05, 0) is 49.0 Å². The van der Waals surface area contributed by atoms with Crippen LogP contribution in [0.15, 0.2) is 91.0 Å². The molecule has 0 N–H and O–H groups in total. The number of rotatable bonds is 8. The number of halogens is 1. The lowest BCUT2D eigenvalue weighted by Gasteiger charge is -2.41. The molecule has 2 heterocycles. The van der Waals surface area contributed by atoms with Gasteiger partial charge in [-0.25, -0.2) is 4.79 Å². The molecule has 2 saturated heterocycles. The summed E-state index contributed by atoms with van der Waals surface area (Å²) >= 11 is 0. The van der Waals surface area contributed by atoms with Gasteiger partial charge in [0.25, 0.3) is 11.8 Å². The van der Waals surface area contributed by atoms with E-state index in [1.54, 1.807) is 0 Å². The van der Waals surface area contributed by atoms with Crippen molar-refractivity contribution in [3.05, 3.63) is 108 Å². The Morgan fingerprint density at radius 1 is 0.850 bits per heavy atom. The predicted octanol–water partition coefficient (Wildman–Crippen LogP) is 1.64. The molecule has 0 spiro atoms. The molecule has 3 aromatic rings. The molecule has 0 bridgehead atoms. The number of nitrogens with zero attached hydrogens (tertiary/aromatic N) is 3. The van der Waals surface area contributed by atoms with Gasteiger partial charge in [0.2, 0.25) is 0 Å². The van der Waals surface area contributed by atoms with Crippen LogP contribution < -0.4 is 12.4 Å². The first-order valence-corrected chi connectivity index (χ1v) is 13.4. The highest BCUT2D eigenvalue weighted by atomic mass is 35.5. The van der Waals surface area contributed by atoms with Crippen LogP contribution in [0.1, 0.15) is 50.2 Å². The number of amides is 2. The molecule has 2 aliphatic heterocycles. The van der Waals surface area contributed by atoms with E-state index in [2.05, 4.69) is 11.0 Å². The molecule has 0 radical (unpaired) electrons. The number of piperidine rings is 1. The summed E-state index contributed by atoms with van der Waals surface area (Å²) in [5.74, 6) is -1.54. The van der Waals surface area contributed by atoms with Gasteiger partial charge in [-0.3, -0.25) is 9.59 Å². The summed E-state index contributed by atoms with van der Waals surface area (Å²) in [4.78, 5) is 45.6. The molecule has 206 valence electrons. The summed E-state index contributed by atoms with van der Waals surface area (Å²) in [5, 5.41) is 11.1. The molecule has 5 rings (SSSR count). The summed E-state index contributed by atoms with van der Waals surface area (Å²) in [7, 11) is 0. The van der Waals surface area contributed by atoms with Crippen molar-refractivity contribution in [1.82, 2.24) is 9.96 Å². The van der Waals surface area contributed by atoms with Crippen LogP contribution in [-0.2, 0) is 30.1 Å². The smallest absolute Gasteiger partial charge is 1.00 e. The number of hydrogen-bond donors (Lipinski definition) is 0. The summed E-state index contributed by atoms with van der Waals surface area (Å²) in [6, 6.07) is 31.8. The van der Waals surface area contributed by atoms with Crippen molar-refractivity contribution in [3.8, 4) is 6.07 Å². The Labute approximate surface area is 242 Å². The van der Waals surface area contributed by atoms with Gasteiger partial charge in [-0.15, -0.1) is 5.06 Å². The van der Waals surface area contributed by atoms with E-state index in [4.69, 9.17) is 4.84 Å². The zero-order chi connectivity index (χ0) is 27.3. The van der Waals surface area contributed by atoms with E-state index < -0.39 is 28.6 Å². The minimum atomic E-state index is -0.966. The molecule has 3 aromatic carbocycles. The molecule has 0 atom stereocenters. The average Bonchev–Trinajstić information content (AvgIpc) is 3.31. The van der Waals surface area contributed by atoms with Crippen molar-refractivity contribution in [1.29, 1.82) is 5.26 Å². The zero-order valence-corrected chi connectivity index (χ0v) is 22.9. The topological polar surface area (TPSA) is 90.7 Å². The summed E-state index contributed by atoms with van der Waals surface area (Å²) in [6.45, 7) is 1.88. The molecule has 7 nitrogen and oxygen atoms in total. The molecule has 0 saturated carbocycles. The van der Waals surface area contributed by atoms with Crippen LogP contribution in [0.3, 0.4) is 0 Å². The van der Waals surface area contributed by atoms with Crippen molar-refractivity contribution < 1.29 is 33.1 Å². The maximum Gasteiger partial charge on any atom is 1.00 e. The van der Waals surface area contributed by atoms with E-state index in [1.165, 1.54) is 0 Å². The Morgan fingerprint density at radius 3 is 1.80 bits per heavy atom. The zero-order valence-electron chi connectivity index (χ0n) is 23.2. The molecule has 40 heavy (non-hydrogen) atoms. The monoisotopic (exact) mass is 557 g/mol. The second kappa shape index (κ2) is 12.5. The highest BCUT2D eigenvalue weighted by Crippen LogP contribution is 2.39. The first-order valence-electron chi connectivity index (χ1n) is 13.4. The molecule has 2 aliphatic rings. The number of likely N-dealkylation sites (tertiary alicyclic amines) is 1. The number of hydroxylamine groups is 2. The molecule has 2 amide bonds. The minimum absolute atomic E-state index is 0. The summed E-state index contributed by atoms with van der Waals surface area (Å²) in [6.07, 6.45) is 1.66. The van der Waals surface area contributed by atoms with E-state index in [1.807, 2.05) is 91.0 Å². The van der Waals surface area contributed by atoms with Crippen molar-refractivity contribution in [3.63, 3.8) is 0 Å². The number of benzene rings is 3. The highest BCUT2D eigenvalue weighted by Gasteiger charge is 2.47. The van der Waals surface area contributed by atoms with Gasteiger partial charge in [-0.1, -0.05) is 91.0 Å². The number of imide groups is 1. The normalized spacial score (nSPS) is 17.1. The lowest BCUT2D eigenvalue weighted by atomic mass is 9.71. The van der Waals surface area contributed by atoms with Gasteiger partial charge in [-0.2, -0.15) is 5.26 Å². The molecular formula is C32H32ClN3O4. The molecule has 2 fully saturated rings. The van der Waals surface area contributed by atoms with Crippen molar-refractivity contribution in [2.75, 3.05) is 19.6 Å². The Balaban J connectivity index is 0.00000231. The van der Waals surface area contributed by atoms with Crippen LogP contribution >= 0.6 is 0 Å². The Bertz CT molecular complexity index is 1320. The lowest BCUT2D eigenvalue weighted by Crippen LogP contribution is -3.00. The highest BCUT2D eigenvalue weighted by molar-refractivity contribution is 6.02. The number of carbonyl (C=O) groups is 3. The molecule has 0 aromatic heterocycles. The fourth-order valence-electron chi connectivity index (χ4n) is 5.77. The third-order valence-electron chi connectivity index (χ3n) is 8.13. The van der Waals surface area contributed by atoms with Crippen molar-refractivity contribution >= 4 is 17.8 Å². The first-order chi connectivity index (χ1) is 19.0. The van der Waals surface area contributed by atoms with E-state index in [9.17, 15) is 19.6 Å². The predicted molar refractivity (Wildman–Crippen MR) is 146 cm³/mol. The Kier molecular flexibility index (Phi) is 9.03. The maximum absolute atomic E-state index is 13.6. The number of hydrogen-bond acceptors (Lipinski definition) is 6. The second-order valence-corrected chi connectivity index (χ2v) is 10.2. The van der Waals surface area contributed by atoms with Crippen LogP contribution in [-0.4, -0.2) is 47.4 Å². The molecule has 8 heteroatoms. The van der Waals surface area contributed by atoms with Gasteiger partial charge < -0.3 is 22.1 Å². The molecular weight excluding hydrogens is 526 g/mol. The van der Waals surface area contributed by atoms with Crippen LogP contribution in [0.2, 0.25) is 0 Å². The summed E-state index contributed by atoms with van der Waals surface area (Å²) < 4.78 is 0. The van der Waals surface area contributed by atoms with Gasteiger partial charge in [0.15, 0.2) is 0 Å². The maximum atomic E-state index is 13.6. The van der Waals surface area contributed by atoms with Gasteiger partial charge in [0, 0.05) is 19.4 Å². The van der Waals surface area contributed by atoms with Crippen LogP contribution in [0.25, 0.3) is 0 Å². The standard InChI is InChI=1S/C32H31N3O4.ClH/c33-24-32(26-12-6-2-7-13-26,27-14-8-3-9-15-27)20-23-34-21-18-31(19-22-34,25-10-4-1-5-11-25)30(38)39-35-28(36)16-17-29(35)37;/h1-15H,16-23H2;1H. The Morgan fingerprint density at radius 2 is 1.32 bits per heavy atom. The third-order valence-corrected chi connectivity index (χ3v) is 8.13. The van der Waals surface area contributed by atoms with E-state index in [0.29, 0.717) is 44.0 Å². The van der Waals surface area contributed by atoms with Crippen molar-refractivity contribution in [2.45, 2.75) is 42.9 Å². The fraction of sp³-hybridized carbons (Fsp3) is 0.312. The molecule has 0 unspecified atom stereocenters. The van der Waals surface area contributed by atoms with Gasteiger partial charge in [0.1, 0.15) is 5.41 Å². The average molecular weight is 558 g/mol. The minimum Gasteiger partial charge on any atom is -1.00 e. The SMILES string of the molecule is N#CC(CCN1CCC(C(=O)ON2C(=O)CCC2=O)(c2ccccc2)CC1)(c1ccccc1)c1ccccc1.[Cl-].[H+]. The number of nitriles is 1. The van der Waals surface area contributed by atoms with E-state index >= 15 is 0 Å². The lowest BCUT2D eigenvalue weighted by molar-refractivity contribution is -0.203. The first kappa shape index (κ1) is 29.0. The van der Waals surface area contributed by atoms with Crippen molar-refractivity contribution in [2.24, 2.45) is 0 Å². The van der Waals surface area contributed by atoms with Crippen LogP contribution in [0, 0.1) is 11.3 Å².